The molecule has 266 valence electrons. The number of likely N-dealkylation sites (N-methyl/N-ethyl adjacent to an activating group) is 1. The van der Waals surface area contributed by atoms with E-state index in [-0.39, 0.29) is 0 Å². The van der Waals surface area contributed by atoms with Crippen LogP contribution in [0, 0.1) is 27.7 Å². The zero-order valence-corrected chi connectivity index (χ0v) is 32.1. The van der Waals surface area contributed by atoms with Gasteiger partial charge in [0.25, 0.3) is 0 Å². The second-order valence-corrected chi connectivity index (χ2v) is 14.4. The third-order valence-electron chi connectivity index (χ3n) is 9.98. The van der Waals surface area contributed by atoms with Crippen molar-refractivity contribution in [2.24, 2.45) is 0 Å². The van der Waals surface area contributed by atoms with E-state index in [4.69, 9.17) is 9.97 Å². The maximum Gasteiger partial charge on any atom is 0.0868 e. The first-order valence-corrected chi connectivity index (χ1v) is 18.2. The Morgan fingerprint density at radius 3 is 1.21 bits per heavy atom. The molecule has 2 aromatic heterocycles. The fourth-order valence-electron chi connectivity index (χ4n) is 7.14. The molecule has 0 saturated carbocycles. The van der Waals surface area contributed by atoms with E-state index < -0.39 is 0 Å². The molecule has 53 heavy (non-hydrogen) atoms. The van der Waals surface area contributed by atoms with Crippen LogP contribution in [0.3, 0.4) is 0 Å². The van der Waals surface area contributed by atoms with Gasteiger partial charge in [-0.2, -0.15) is 0 Å². The normalized spacial score (nSPS) is 13.7. The number of hydrogen-bond acceptors (Lipinski definition) is 6. The lowest BCUT2D eigenvalue weighted by Crippen LogP contribution is -2.18. The number of benzene rings is 4. The molecule has 7 rings (SSSR count). The van der Waals surface area contributed by atoms with Crippen LogP contribution in [-0.4, -0.2) is 47.5 Å². The van der Waals surface area contributed by atoms with Crippen LogP contribution in [0.4, 0.5) is 34.1 Å². The molecule has 4 aromatic carbocycles. The molecule has 0 fully saturated rings. The molecular weight excluding hydrogens is 649 g/mol. The van der Waals surface area contributed by atoms with Gasteiger partial charge in [-0.05, 0) is 113 Å². The first-order chi connectivity index (χ1) is 25.6. The Kier molecular flexibility index (Phi) is 9.88. The van der Waals surface area contributed by atoms with Crippen LogP contribution >= 0.6 is 0 Å². The Morgan fingerprint density at radius 2 is 0.868 bits per heavy atom. The van der Waals surface area contributed by atoms with Crippen molar-refractivity contribution in [1.82, 2.24) is 19.8 Å². The Bertz CT molecular complexity index is 2160. The molecule has 0 spiro atoms. The maximum atomic E-state index is 5.11. The quantitative estimate of drug-likeness (QED) is 0.150. The van der Waals surface area contributed by atoms with Crippen LogP contribution in [0.1, 0.15) is 40.6 Å². The van der Waals surface area contributed by atoms with Gasteiger partial charge < -0.3 is 19.6 Å². The highest BCUT2D eigenvalue weighted by Crippen LogP contribution is 2.40. The Balaban J connectivity index is 1.23. The monoisotopic (exact) mass is 696 g/mol. The van der Waals surface area contributed by atoms with Gasteiger partial charge in [0.2, 0.25) is 0 Å². The largest absolute Gasteiger partial charge is 0.376 e. The van der Waals surface area contributed by atoms with E-state index in [1.54, 1.807) is 0 Å². The van der Waals surface area contributed by atoms with E-state index in [0.29, 0.717) is 0 Å². The van der Waals surface area contributed by atoms with Crippen LogP contribution in [0.5, 0.6) is 0 Å². The second-order valence-electron chi connectivity index (χ2n) is 14.4. The minimum atomic E-state index is 0.763. The smallest absolute Gasteiger partial charge is 0.0868 e. The third-order valence-corrected chi connectivity index (χ3v) is 9.98. The van der Waals surface area contributed by atoms with Crippen LogP contribution in [0.25, 0.3) is 11.4 Å². The van der Waals surface area contributed by atoms with Gasteiger partial charge in [-0.3, -0.25) is 9.97 Å². The molecule has 0 atom stereocenters. The SMILES string of the molecule is CC1=C(c2ccc(N(c3ccc(C)cc3)c3ccc(C)cc3)cn2)N(C)C/C1=C(\c1ccc(N(c2ccc(C)cc2)c2ccc(C)cc2)cn1)N(C)C. The van der Waals surface area contributed by atoms with Gasteiger partial charge in [-0.25, -0.2) is 0 Å². The summed E-state index contributed by atoms with van der Waals surface area (Å²) in [6.45, 7) is 11.4. The van der Waals surface area contributed by atoms with E-state index in [9.17, 15) is 0 Å². The van der Waals surface area contributed by atoms with E-state index in [1.807, 2.05) is 12.4 Å². The molecule has 0 saturated heterocycles. The summed E-state index contributed by atoms with van der Waals surface area (Å²) in [7, 11) is 6.36. The average Bonchev–Trinajstić information content (AvgIpc) is 3.44. The fraction of sp³-hybridized carbons (Fsp3) is 0.191. The summed E-state index contributed by atoms with van der Waals surface area (Å²) in [6.07, 6.45) is 3.98. The molecule has 0 unspecified atom stereocenters. The summed E-state index contributed by atoms with van der Waals surface area (Å²) in [5.41, 5.74) is 17.9. The molecule has 0 radical (unpaired) electrons. The van der Waals surface area contributed by atoms with Gasteiger partial charge in [0.1, 0.15) is 0 Å². The Hall–Kier alpha value is -6.14. The first kappa shape index (κ1) is 35.3. The minimum Gasteiger partial charge on any atom is -0.376 e. The van der Waals surface area contributed by atoms with Crippen LogP contribution < -0.4 is 9.80 Å². The molecule has 1 aliphatic rings. The summed E-state index contributed by atoms with van der Waals surface area (Å²) in [5.74, 6) is 0. The van der Waals surface area contributed by atoms with E-state index >= 15 is 0 Å². The number of hydrogen-bond donors (Lipinski definition) is 0. The number of anilines is 6. The van der Waals surface area contributed by atoms with Gasteiger partial charge in [-0.1, -0.05) is 70.8 Å². The number of aryl methyl sites for hydroxylation is 4. The maximum absolute atomic E-state index is 5.11. The number of aromatic nitrogens is 2. The highest BCUT2D eigenvalue weighted by molar-refractivity contribution is 5.83. The van der Waals surface area contributed by atoms with Gasteiger partial charge in [0.15, 0.2) is 0 Å². The average molecular weight is 697 g/mol. The molecule has 0 bridgehead atoms. The lowest BCUT2D eigenvalue weighted by Gasteiger charge is -2.26. The summed E-state index contributed by atoms with van der Waals surface area (Å²) in [5, 5.41) is 0. The van der Waals surface area contributed by atoms with Crippen LogP contribution in [0.15, 0.2) is 145 Å². The van der Waals surface area contributed by atoms with Crippen molar-refractivity contribution >= 4 is 45.5 Å². The predicted molar refractivity (Wildman–Crippen MR) is 223 cm³/mol. The zero-order valence-electron chi connectivity index (χ0n) is 32.1. The zero-order chi connectivity index (χ0) is 37.2. The summed E-state index contributed by atoms with van der Waals surface area (Å²) >= 11 is 0. The van der Waals surface area contributed by atoms with Crippen molar-refractivity contribution in [3.63, 3.8) is 0 Å². The van der Waals surface area contributed by atoms with Crippen molar-refractivity contribution in [3.8, 4) is 0 Å². The fourth-order valence-corrected chi connectivity index (χ4v) is 7.14. The highest BCUT2D eigenvalue weighted by Gasteiger charge is 2.28. The topological polar surface area (TPSA) is 38.7 Å². The van der Waals surface area contributed by atoms with Crippen LogP contribution in [0.2, 0.25) is 0 Å². The lowest BCUT2D eigenvalue weighted by atomic mass is 10.0. The van der Waals surface area contributed by atoms with Crippen LogP contribution in [-0.2, 0) is 0 Å². The Morgan fingerprint density at radius 1 is 0.491 bits per heavy atom. The standard InChI is InChI=1S/C47H48N6/c1-32-9-17-37(18-10-32)52(38-19-11-33(2)12-20-38)41-25-27-44(48-29-41)46-36(5)43(31-51(46)8)47(50(6)7)45-28-26-42(30-49-45)53(39-21-13-34(3)14-22-39)40-23-15-35(4)16-24-40/h9-30H,31H2,1-8H3/b47-43-. The molecule has 0 amide bonds. The molecule has 1 aliphatic heterocycles. The van der Waals surface area contributed by atoms with Gasteiger partial charge >= 0.3 is 0 Å². The molecule has 6 heteroatoms. The van der Waals surface area contributed by atoms with Crippen molar-refractivity contribution < 1.29 is 0 Å². The summed E-state index contributed by atoms with van der Waals surface area (Å²) < 4.78 is 0. The third kappa shape index (κ3) is 7.31. The highest BCUT2D eigenvalue weighted by atomic mass is 15.2. The van der Waals surface area contributed by atoms with E-state index in [0.717, 1.165) is 63.5 Å². The van der Waals surface area contributed by atoms with Crippen molar-refractivity contribution in [3.05, 3.63) is 179 Å². The molecule has 0 aliphatic carbocycles. The second kappa shape index (κ2) is 14.8. The number of rotatable bonds is 9. The first-order valence-electron chi connectivity index (χ1n) is 18.2. The van der Waals surface area contributed by atoms with E-state index in [2.05, 4.69) is 197 Å². The predicted octanol–water partition coefficient (Wildman–Crippen LogP) is 11.3. The van der Waals surface area contributed by atoms with Crippen molar-refractivity contribution in [2.75, 3.05) is 37.5 Å². The van der Waals surface area contributed by atoms with Gasteiger partial charge in [-0.15, -0.1) is 0 Å². The molecule has 6 nitrogen and oxygen atoms in total. The molecule has 3 heterocycles. The summed E-state index contributed by atoms with van der Waals surface area (Å²) in [4.78, 5) is 19.2. The lowest BCUT2D eigenvalue weighted by molar-refractivity contribution is 0.534. The Labute approximate surface area is 315 Å². The molecular formula is C47H48N6. The minimum absolute atomic E-state index is 0.763. The molecule has 0 N–H and O–H groups in total. The number of nitrogens with zero attached hydrogens (tertiary/aromatic N) is 6. The molecule has 6 aromatic rings. The van der Waals surface area contributed by atoms with E-state index in [1.165, 1.54) is 33.4 Å². The van der Waals surface area contributed by atoms with Crippen molar-refractivity contribution in [1.29, 1.82) is 0 Å². The van der Waals surface area contributed by atoms with Crippen molar-refractivity contribution in [2.45, 2.75) is 34.6 Å². The van der Waals surface area contributed by atoms with Gasteiger partial charge in [0.05, 0.1) is 46.6 Å². The number of pyridine rings is 2. The van der Waals surface area contributed by atoms with Gasteiger partial charge in [0, 0.05) is 56.0 Å². The summed E-state index contributed by atoms with van der Waals surface area (Å²) in [6, 6.07) is 43.3.